The minimum absolute atomic E-state index is 0.0391. The lowest BCUT2D eigenvalue weighted by molar-refractivity contribution is -0.146. The molecule has 2 unspecified atom stereocenters. The van der Waals surface area contributed by atoms with Crippen molar-refractivity contribution in [3.63, 3.8) is 0 Å². The topological polar surface area (TPSA) is 73.9 Å². The van der Waals surface area contributed by atoms with Crippen molar-refractivity contribution in [1.82, 2.24) is 5.32 Å². The lowest BCUT2D eigenvalue weighted by atomic mass is 10.1. The molecule has 0 radical (unpaired) electrons. The van der Waals surface area contributed by atoms with Crippen molar-refractivity contribution >= 4 is 23.5 Å². The van der Waals surface area contributed by atoms with E-state index in [0.29, 0.717) is 6.61 Å². The zero-order valence-electron chi connectivity index (χ0n) is 13.9. The van der Waals surface area contributed by atoms with Crippen LogP contribution in [0.15, 0.2) is 24.3 Å². The summed E-state index contributed by atoms with van der Waals surface area (Å²) in [6, 6.07) is 6.91. The zero-order chi connectivity index (χ0) is 17.4. The molecular weight excluding hydrogens is 330 g/mol. The minimum atomic E-state index is -0.477. The molecule has 1 saturated heterocycles. The van der Waals surface area contributed by atoms with Crippen molar-refractivity contribution < 1.29 is 23.8 Å². The SMILES string of the molecule is CCOC(=O)CC(=O)C1NCCSC1COc1ccc(OC)cc1. The van der Waals surface area contributed by atoms with Gasteiger partial charge in [0, 0.05) is 12.3 Å². The molecule has 132 valence electrons. The summed E-state index contributed by atoms with van der Waals surface area (Å²) in [5.41, 5.74) is 0. The van der Waals surface area contributed by atoms with Crippen molar-refractivity contribution in [3.05, 3.63) is 24.3 Å². The predicted octanol–water partition coefficient (Wildman–Crippen LogP) is 1.67. The van der Waals surface area contributed by atoms with Crippen LogP contribution in [0.25, 0.3) is 0 Å². The van der Waals surface area contributed by atoms with Gasteiger partial charge in [-0.05, 0) is 31.2 Å². The predicted molar refractivity (Wildman–Crippen MR) is 92.8 cm³/mol. The van der Waals surface area contributed by atoms with Gasteiger partial charge in [0.1, 0.15) is 24.5 Å². The van der Waals surface area contributed by atoms with Crippen LogP contribution in [-0.2, 0) is 14.3 Å². The number of rotatable bonds is 8. The Hall–Kier alpha value is -1.73. The van der Waals surface area contributed by atoms with E-state index in [1.807, 2.05) is 24.3 Å². The number of hydrogen-bond donors (Lipinski definition) is 1. The van der Waals surface area contributed by atoms with Crippen molar-refractivity contribution in [2.24, 2.45) is 0 Å². The van der Waals surface area contributed by atoms with Gasteiger partial charge in [-0.25, -0.2) is 0 Å². The molecule has 1 fully saturated rings. The number of carbonyl (C=O) groups is 2. The summed E-state index contributed by atoms with van der Waals surface area (Å²) in [5, 5.41) is 3.15. The van der Waals surface area contributed by atoms with Crippen LogP contribution < -0.4 is 14.8 Å². The number of esters is 1. The molecule has 0 amide bonds. The largest absolute Gasteiger partial charge is 0.497 e. The molecule has 0 bridgehead atoms. The number of methoxy groups -OCH3 is 1. The second-order valence-corrected chi connectivity index (χ2v) is 6.62. The summed E-state index contributed by atoms with van der Waals surface area (Å²) in [5.74, 6) is 1.76. The van der Waals surface area contributed by atoms with Gasteiger partial charge < -0.3 is 19.5 Å². The zero-order valence-corrected chi connectivity index (χ0v) is 14.8. The highest BCUT2D eigenvalue weighted by Gasteiger charge is 2.32. The molecule has 0 spiro atoms. The second-order valence-electron chi connectivity index (χ2n) is 5.28. The van der Waals surface area contributed by atoms with Crippen molar-refractivity contribution in [2.45, 2.75) is 24.6 Å². The molecule has 2 atom stereocenters. The molecule has 1 heterocycles. The van der Waals surface area contributed by atoms with E-state index < -0.39 is 12.0 Å². The molecule has 2 rings (SSSR count). The van der Waals surface area contributed by atoms with Gasteiger partial charge in [0.25, 0.3) is 0 Å². The van der Waals surface area contributed by atoms with Gasteiger partial charge >= 0.3 is 5.97 Å². The van der Waals surface area contributed by atoms with E-state index in [4.69, 9.17) is 14.2 Å². The van der Waals surface area contributed by atoms with Crippen molar-refractivity contribution in [3.8, 4) is 11.5 Å². The maximum absolute atomic E-state index is 12.3. The summed E-state index contributed by atoms with van der Waals surface area (Å²) >= 11 is 1.68. The molecular formula is C17H23NO5S. The molecule has 1 aliphatic rings. The molecule has 1 aromatic rings. The first-order chi connectivity index (χ1) is 11.6. The van der Waals surface area contributed by atoms with Gasteiger partial charge in [0.15, 0.2) is 5.78 Å². The van der Waals surface area contributed by atoms with Gasteiger partial charge in [-0.3, -0.25) is 9.59 Å². The summed E-state index contributed by atoms with van der Waals surface area (Å²) in [6.45, 7) is 3.14. The van der Waals surface area contributed by atoms with Crippen LogP contribution in [0.1, 0.15) is 13.3 Å². The molecule has 0 aliphatic carbocycles. The molecule has 1 aromatic carbocycles. The smallest absolute Gasteiger partial charge is 0.313 e. The Morgan fingerprint density at radius 3 is 2.62 bits per heavy atom. The number of thioether (sulfide) groups is 1. The van der Waals surface area contributed by atoms with Crippen LogP contribution in [0.4, 0.5) is 0 Å². The molecule has 0 aromatic heterocycles. The first kappa shape index (κ1) is 18.6. The van der Waals surface area contributed by atoms with E-state index in [1.54, 1.807) is 25.8 Å². The van der Waals surface area contributed by atoms with Crippen LogP contribution >= 0.6 is 11.8 Å². The lowest BCUT2D eigenvalue weighted by Crippen LogP contribution is -2.51. The third-order valence-corrected chi connectivity index (χ3v) is 4.89. The highest BCUT2D eigenvalue weighted by molar-refractivity contribution is 8.00. The normalized spacial score (nSPS) is 20.2. The van der Waals surface area contributed by atoms with Crippen LogP contribution in [0.2, 0.25) is 0 Å². The van der Waals surface area contributed by atoms with Gasteiger partial charge in [0.05, 0.1) is 25.0 Å². The van der Waals surface area contributed by atoms with Crippen LogP contribution in [0, 0.1) is 0 Å². The molecule has 1 N–H and O–H groups in total. The number of ether oxygens (including phenoxy) is 3. The van der Waals surface area contributed by atoms with Gasteiger partial charge in [0.2, 0.25) is 0 Å². The number of benzene rings is 1. The van der Waals surface area contributed by atoms with Crippen molar-refractivity contribution in [1.29, 1.82) is 0 Å². The Morgan fingerprint density at radius 1 is 1.25 bits per heavy atom. The van der Waals surface area contributed by atoms with Gasteiger partial charge in [-0.1, -0.05) is 0 Å². The summed E-state index contributed by atoms with van der Waals surface area (Å²) in [7, 11) is 1.61. The van der Waals surface area contributed by atoms with Crippen molar-refractivity contribution in [2.75, 3.05) is 32.6 Å². The number of ketones is 1. The Bertz CT molecular complexity index is 548. The Balaban J connectivity index is 1.90. The molecule has 24 heavy (non-hydrogen) atoms. The quantitative estimate of drug-likeness (QED) is 0.563. The first-order valence-corrected chi connectivity index (χ1v) is 8.99. The minimum Gasteiger partial charge on any atom is -0.497 e. The third-order valence-electron chi connectivity index (χ3n) is 3.61. The summed E-state index contributed by atoms with van der Waals surface area (Å²) in [6.07, 6.45) is -0.203. The number of nitrogens with one attached hydrogen (secondary N) is 1. The second kappa shape index (κ2) is 9.54. The van der Waals surface area contributed by atoms with E-state index in [9.17, 15) is 9.59 Å². The Labute approximate surface area is 146 Å². The van der Waals surface area contributed by atoms with Crippen LogP contribution in [0.3, 0.4) is 0 Å². The first-order valence-electron chi connectivity index (χ1n) is 7.94. The highest BCUT2D eigenvalue weighted by Crippen LogP contribution is 2.23. The fourth-order valence-corrected chi connectivity index (χ4v) is 3.58. The maximum Gasteiger partial charge on any atom is 0.313 e. The summed E-state index contributed by atoms with van der Waals surface area (Å²) < 4.78 is 15.8. The molecule has 0 saturated carbocycles. The number of hydrogen-bond acceptors (Lipinski definition) is 7. The average molecular weight is 353 g/mol. The third kappa shape index (κ3) is 5.42. The van der Waals surface area contributed by atoms with Gasteiger partial charge in [-0.15, -0.1) is 0 Å². The fourth-order valence-electron chi connectivity index (χ4n) is 2.43. The van der Waals surface area contributed by atoms with Gasteiger partial charge in [-0.2, -0.15) is 11.8 Å². The Morgan fingerprint density at radius 2 is 1.96 bits per heavy atom. The number of Topliss-reactive ketones (excluding diaryl/α,β-unsaturated/α-hetero) is 1. The van der Waals surface area contributed by atoms with E-state index in [0.717, 1.165) is 23.8 Å². The van der Waals surface area contributed by atoms with E-state index >= 15 is 0 Å². The monoisotopic (exact) mass is 353 g/mol. The fraction of sp³-hybridized carbons (Fsp3) is 0.529. The molecule has 7 heteroatoms. The van der Waals surface area contributed by atoms with E-state index in [2.05, 4.69) is 5.32 Å². The Kier molecular flexibility index (Phi) is 7.39. The van der Waals surface area contributed by atoms with Crippen LogP contribution in [-0.4, -0.2) is 55.7 Å². The average Bonchev–Trinajstić information content (AvgIpc) is 2.60. The standard InChI is InChI=1S/C17H23NO5S/c1-3-22-16(20)10-14(19)17-15(24-9-8-18-17)11-23-13-6-4-12(21-2)5-7-13/h4-7,15,17-18H,3,8-11H2,1-2H3. The van der Waals surface area contributed by atoms with E-state index in [-0.39, 0.29) is 24.1 Å². The van der Waals surface area contributed by atoms with Crippen LogP contribution in [0.5, 0.6) is 11.5 Å². The number of carbonyl (C=O) groups excluding carboxylic acids is 2. The summed E-state index contributed by atoms with van der Waals surface area (Å²) in [4.78, 5) is 23.9. The molecule has 1 aliphatic heterocycles. The maximum atomic E-state index is 12.3. The van der Waals surface area contributed by atoms with E-state index in [1.165, 1.54) is 0 Å². The lowest BCUT2D eigenvalue weighted by Gasteiger charge is -2.30. The highest BCUT2D eigenvalue weighted by atomic mass is 32.2. The molecule has 6 nitrogen and oxygen atoms in total.